The van der Waals surface area contributed by atoms with E-state index in [1.165, 1.54) is 0 Å². The van der Waals surface area contributed by atoms with Crippen LogP contribution < -0.4 is 15.0 Å². The quantitative estimate of drug-likeness (QED) is 0.721. The molecule has 3 aromatic rings. The number of anilines is 2. The minimum Gasteiger partial charge on any atom is -0.497 e. The van der Waals surface area contributed by atoms with Gasteiger partial charge in [-0.2, -0.15) is 0 Å². The van der Waals surface area contributed by atoms with Gasteiger partial charge in [0.15, 0.2) is 5.82 Å². The molecule has 4 rings (SSSR count). The Bertz CT molecular complexity index is 988. The Labute approximate surface area is 169 Å². The summed E-state index contributed by atoms with van der Waals surface area (Å²) in [6.07, 6.45) is 0. The lowest BCUT2D eigenvalue weighted by molar-refractivity contribution is 0.102. The summed E-state index contributed by atoms with van der Waals surface area (Å²) in [5.74, 6) is 1.61. The van der Waals surface area contributed by atoms with Gasteiger partial charge in [-0.15, -0.1) is 0 Å². The van der Waals surface area contributed by atoms with Crippen molar-refractivity contribution in [1.29, 1.82) is 0 Å². The second-order valence-corrected chi connectivity index (χ2v) is 6.59. The molecule has 2 heterocycles. The summed E-state index contributed by atoms with van der Waals surface area (Å²) in [7, 11) is 1.59. The molecule has 0 bridgehead atoms. The zero-order valence-electron chi connectivity index (χ0n) is 16.2. The summed E-state index contributed by atoms with van der Waals surface area (Å²) >= 11 is 0. The summed E-state index contributed by atoms with van der Waals surface area (Å²) in [5.41, 5.74) is 1.81. The summed E-state index contributed by atoms with van der Waals surface area (Å²) in [5, 5.41) is 2.89. The minimum absolute atomic E-state index is 0.299. The second kappa shape index (κ2) is 8.70. The summed E-state index contributed by atoms with van der Waals surface area (Å²) in [6, 6.07) is 18.6. The van der Waals surface area contributed by atoms with Crippen molar-refractivity contribution in [3.63, 3.8) is 0 Å². The predicted molar refractivity (Wildman–Crippen MR) is 111 cm³/mol. The molecule has 0 radical (unpaired) electrons. The normalized spacial score (nSPS) is 13.8. The van der Waals surface area contributed by atoms with Crippen molar-refractivity contribution >= 4 is 17.4 Å². The van der Waals surface area contributed by atoms with Gasteiger partial charge in [0.25, 0.3) is 5.91 Å². The molecule has 1 aliphatic rings. The van der Waals surface area contributed by atoms with Crippen LogP contribution >= 0.6 is 0 Å². The highest BCUT2D eigenvalue weighted by Crippen LogP contribution is 2.22. The Kier molecular flexibility index (Phi) is 5.67. The van der Waals surface area contributed by atoms with Crippen LogP contribution in [0.1, 0.15) is 10.5 Å². The average Bonchev–Trinajstić information content (AvgIpc) is 2.80. The van der Waals surface area contributed by atoms with E-state index in [-0.39, 0.29) is 5.91 Å². The molecule has 0 unspecified atom stereocenters. The molecule has 0 atom stereocenters. The van der Waals surface area contributed by atoms with Gasteiger partial charge in [0.05, 0.1) is 20.3 Å². The highest BCUT2D eigenvalue weighted by molar-refractivity contribution is 6.03. The standard InChI is InChI=1S/C22H22N4O3/c1-28-18-9-5-8-17(14-18)23-22(27)19-15-20(26-10-12-29-13-11-26)25-21(24-19)16-6-3-2-4-7-16/h2-9,14-15H,10-13H2,1H3,(H,23,27). The predicted octanol–water partition coefficient (Wildman–Crippen LogP) is 3.24. The van der Waals surface area contributed by atoms with E-state index in [2.05, 4.69) is 15.2 Å². The van der Waals surface area contributed by atoms with Crippen LogP contribution in [0.4, 0.5) is 11.5 Å². The molecule has 7 nitrogen and oxygen atoms in total. The van der Waals surface area contributed by atoms with Gasteiger partial charge in [-0.25, -0.2) is 9.97 Å². The molecular formula is C22H22N4O3. The van der Waals surface area contributed by atoms with Crippen LogP contribution in [0.5, 0.6) is 5.75 Å². The molecule has 2 aromatic carbocycles. The highest BCUT2D eigenvalue weighted by Gasteiger charge is 2.18. The number of rotatable bonds is 5. The smallest absolute Gasteiger partial charge is 0.274 e. The Balaban J connectivity index is 1.68. The number of nitrogens with zero attached hydrogens (tertiary/aromatic N) is 3. The number of morpholine rings is 1. The molecule has 1 N–H and O–H groups in total. The first-order chi connectivity index (χ1) is 14.2. The van der Waals surface area contributed by atoms with Crippen LogP contribution in [0.2, 0.25) is 0 Å². The van der Waals surface area contributed by atoms with Crippen molar-refractivity contribution in [3.05, 3.63) is 66.4 Å². The topological polar surface area (TPSA) is 76.6 Å². The van der Waals surface area contributed by atoms with Crippen molar-refractivity contribution in [2.24, 2.45) is 0 Å². The number of hydrogen-bond acceptors (Lipinski definition) is 6. The zero-order chi connectivity index (χ0) is 20.1. The molecule has 1 fully saturated rings. The minimum atomic E-state index is -0.299. The van der Waals surface area contributed by atoms with Gasteiger partial charge in [-0.05, 0) is 12.1 Å². The van der Waals surface area contributed by atoms with Crippen molar-refractivity contribution in [2.45, 2.75) is 0 Å². The maximum Gasteiger partial charge on any atom is 0.274 e. The van der Waals surface area contributed by atoms with Gasteiger partial charge in [0, 0.05) is 36.5 Å². The number of hydrogen-bond donors (Lipinski definition) is 1. The van der Waals surface area contributed by atoms with E-state index in [0.717, 1.165) is 24.5 Å². The third-order valence-corrected chi connectivity index (χ3v) is 4.64. The maximum atomic E-state index is 12.9. The second-order valence-electron chi connectivity index (χ2n) is 6.59. The number of amides is 1. The SMILES string of the molecule is COc1cccc(NC(=O)c2cc(N3CCOCC3)nc(-c3ccccc3)n2)c1. The van der Waals surface area contributed by atoms with Crippen molar-refractivity contribution < 1.29 is 14.3 Å². The summed E-state index contributed by atoms with van der Waals surface area (Å²) in [6.45, 7) is 2.72. The third-order valence-electron chi connectivity index (χ3n) is 4.64. The maximum absolute atomic E-state index is 12.9. The Morgan fingerprint density at radius 3 is 2.59 bits per heavy atom. The average molecular weight is 390 g/mol. The van der Waals surface area contributed by atoms with Crippen LogP contribution in [-0.4, -0.2) is 49.3 Å². The number of aromatic nitrogens is 2. The fourth-order valence-electron chi connectivity index (χ4n) is 3.12. The molecule has 7 heteroatoms. The first kappa shape index (κ1) is 18.9. The molecule has 1 aliphatic heterocycles. The number of ether oxygens (including phenoxy) is 2. The highest BCUT2D eigenvalue weighted by atomic mass is 16.5. The molecular weight excluding hydrogens is 368 g/mol. The van der Waals surface area contributed by atoms with Gasteiger partial charge in [-0.1, -0.05) is 36.4 Å². The van der Waals surface area contributed by atoms with Crippen LogP contribution in [0, 0.1) is 0 Å². The van der Waals surface area contributed by atoms with E-state index in [0.29, 0.717) is 36.2 Å². The number of benzene rings is 2. The fraction of sp³-hybridized carbons (Fsp3) is 0.227. The van der Waals surface area contributed by atoms with E-state index in [9.17, 15) is 4.79 Å². The van der Waals surface area contributed by atoms with E-state index in [1.54, 1.807) is 19.2 Å². The van der Waals surface area contributed by atoms with Gasteiger partial charge < -0.3 is 19.7 Å². The first-order valence-corrected chi connectivity index (χ1v) is 9.45. The van der Waals surface area contributed by atoms with Crippen LogP contribution in [0.25, 0.3) is 11.4 Å². The van der Waals surface area contributed by atoms with Crippen molar-refractivity contribution in [2.75, 3.05) is 43.6 Å². The van der Waals surface area contributed by atoms with Gasteiger partial charge in [0.1, 0.15) is 17.3 Å². The lowest BCUT2D eigenvalue weighted by Crippen LogP contribution is -2.37. The fourth-order valence-corrected chi connectivity index (χ4v) is 3.12. The van der Waals surface area contributed by atoms with Crippen molar-refractivity contribution in [3.8, 4) is 17.1 Å². The molecule has 1 amide bonds. The van der Waals surface area contributed by atoms with E-state index < -0.39 is 0 Å². The van der Waals surface area contributed by atoms with Crippen LogP contribution in [0.3, 0.4) is 0 Å². The number of carbonyl (C=O) groups excluding carboxylic acids is 1. The zero-order valence-corrected chi connectivity index (χ0v) is 16.2. The van der Waals surface area contributed by atoms with Crippen molar-refractivity contribution in [1.82, 2.24) is 9.97 Å². The largest absolute Gasteiger partial charge is 0.497 e. The Morgan fingerprint density at radius 1 is 1.03 bits per heavy atom. The van der Waals surface area contributed by atoms with Gasteiger partial charge in [-0.3, -0.25) is 4.79 Å². The molecule has 0 saturated carbocycles. The van der Waals surface area contributed by atoms with E-state index in [1.807, 2.05) is 48.5 Å². The molecule has 0 aliphatic carbocycles. The monoisotopic (exact) mass is 390 g/mol. The molecule has 148 valence electrons. The van der Waals surface area contributed by atoms with Crippen LogP contribution in [-0.2, 0) is 4.74 Å². The van der Waals surface area contributed by atoms with E-state index in [4.69, 9.17) is 14.5 Å². The molecule has 1 saturated heterocycles. The lowest BCUT2D eigenvalue weighted by Gasteiger charge is -2.28. The lowest BCUT2D eigenvalue weighted by atomic mass is 10.2. The third kappa shape index (κ3) is 4.52. The number of nitrogens with one attached hydrogen (secondary N) is 1. The van der Waals surface area contributed by atoms with Crippen LogP contribution in [0.15, 0.2) is 60.7 Å². The Hall–Kier alpha value is -3.45. The van der Waals surface area contributed by atoms with Gasteiger partial charge in [0.2, 0.25) is 0 Å². The summed E-state index contributed by atoms with van der Waals surface area (Å²) < 4.78 is 10.7. The molecule has 1 aromatic heterocycles. The number of carbonyl (C=O) groups is 1. The number of methoxy groups -OCH3 is 1. The Morgan fingerprint density at radius 2 is 1.83 bits per heavy atom. The van der Waals surface area contributed by atoms with E-state index >= 15 is 0 Å². The molecule has 0 spiro atoms. The first-order valence-electron chi connectivity index (χ1n) is 9.45. The molecule has 29 heavy (non-hydrogen) atoms. The van der Waals surface area contributed by atoms with Gasteiger partial charge >= 0.3 is 0 Å². The summed E-state index contributed by atoms with van der Waals surface area (Å²) in [4.78, 5) is 24.3.